The second-order valence-electron chi connectivity index (χ2n) is 10.4. The van der Waals surface area contributed by atoms with E-state index >= 15 is 0 Å². The van der Waals surface area contributed by atoms with E-state index in [1.54, 1.807) is 32.1 Å². The first-order valence-electron chi connectivity index (χ1n) is 12.3. The summed E-state index contributed by atoms with van der Waals surface area (Å²) in [4.78, 5) is 45.7. The molecule has 1 aliphatic heterocycles. The largest absolute Gasteiger partial charge is 0.392 e. The van der Waals surface area contributed by atoms with Crippen LogP contribution in [0.1, 0.15) is 38.4 Å². The number of carbonyl (C=O) groups is 3. The number of ether oxygens (including phenoxy) is 1. The van der Waals surface area contributed by atoms with Crippen molar-refractivity contribution in [3.05, 3.63) is 41.0 Å². The van der Waals surface area contributed by atoms with Crippen molar-refractivity contribution in [1.82, 2.24) is 20.5 Å². The van der Waals surface area contributed by atoms with Gasteiger partial charge in [0.1, 0.15) is 12.6 Å². The molecule has 3 amide bonds. The van der Waals surface area contributed by atoms with Gasteiger partial charge in [-0.05, 0) is 29.9 Å². The first-order chi connectivity index (χ1) is 17.5. The molecule has 0 saturated carbocycles. The van der Waals surface area contributed by atoms with Crippen LogP contribution in [0.2, 0.25) is 0 Å². The maximum atomic E-state index is 13.1. The Kier molecular flexibility index (Phi) is 11.8. The molecule has 0 unspecified atom stereocenters. The molecule has 0 bridgehead atoms. The Balaban J connectivity index is 0.00000507. The number of aliphatic hydroxyl groups excluding tert-OH is 1. The highest BCUT2D eigenvalue weighted by atomic mass is 35.5. The van der Waals surface area contributed by atoms with Crippen molar-refractivity contribution in [2.24, 2.45) is 11.1 Å². The summed E-state index contributed by atoms with van der Waals surface area (Å²) in [5, 5.41) is 15.4. The summed E-state index contributed by atoms with van der Waals surface area (Å²) in [5.74, 6) is -1.57. The molecule has 0 radical (unpaired) electrons. The maximum absolute atomic E-state index is 13.1. The number of imide groups is 1. The molecule has 1 aromatic heterocycles. The van der Waals surface area contributed by atoms with Gasteiger partial charge in [0.15, 0.2) is 0 Å². The summed E-state index contributed by atoms with van der Waals surface area (Å²) in [6.45, 7) is 8.42. The average molecular weight is 568 g/mol. The number of benzene rings is 1. The molecule has 0 spiro atoms. The van der Waals surface area contributed by atoms with E-state index < -0.39 is 41.3 Å². The van der Waals surface area contributed by atoms with E-state index in [0.717, 1.165) is 21.7 Å². The zero-order valence-corrected chi connectivity index (χ0v) is 23.9. The minimum Gasteiger partial charge on any atom is -0.392 e. The van der Waals surface area contributed by atoms with Gasteiger partial charge in [-0.3, -0.25) is 24.6 Å². The number of nitrogens with one attached hydrogen (secondary N) is 2. The van der Waals surface area contributed by atoms with Crippen LogP contribution in [0.5, 0.6) is 0 Å². The Hall–Kier alpha value is -2.41. The van der Waals surface area contributed by atoms with Crippen LogP contribution in [0.25, 0.3) is 10.4 Å². The van der Waals surface area contributed by atoms with Crippen molar-refractivity contribution in [2.45, 2.75) is 58.8 Å². The Morgan fingerprint density at radius 1 is 1.26 bits per heavy atom. The summed E-state index contributed by atoms with van der Waals surface area (Å²) in [7, 11) is 0. The Morgan fingerprint density at radius 2 is 1.95 bits per heavy atom. The van der Waals surface area contributed by atoms with Gasteiger partial charge in [-0.25, -0.2) is 4.98 Å². The van der Waals surface area contributed by atoms with E-state index in [1.807, 2.05) is 41.6 Å². The molecule has 1 aliphatic rings. The van der Waals surface area contributed by atoms with Gasteiger partial charge in [0.2, 0.25) is 17.7 Å². The molecule has 5 N–H and O–H groups in total. The van der Waals surface area contributed by atoms with Crippen molar-refractivity contribution in [3.63, 3.8) is 0 Å². The Bertz CT molecular complexity index is 1090. The van der Waals surface area contributed by atoms with E-state index in [0.29, 0.717) is 13.1 Å². The molecule has 0 aliphatic carbocycles. The molecule has 210 valence electrons. The van der Waals surface area contributed by atoms with Crippen molar-refractivity contribution in [2.75, 3.05) is 26.3 Å². The van der Waals surface area contributed by atoms with E-state index in [4.69, 9.17) is 10.5 Å². The highest BCUT2D eigenvalue weighted by molar-refractivity contribution is 7.13. The third kappa shape index (κ3) is 8.55. The number of aliphatic hydroxyl groups is 1. The SMILES string of the molecule is Cc1ncsc1-c1ccc(CN2C[C@H](O)C[C@H]2C(=O)NC(=O)[C@@H](NC(=O)COCCN)C(C)(C)C)cc1.Cl. The van der Waals surface area contributed by atoms with Crippen LogP contribution in [0.15, 0.2) is 29.8 Å². The first kappa shape index (κ1) is 31.8. The molecule has 3 atom stereocenters. The number of rotatable bonds is 10. The predicted octanol–water partition coefficient (Wildman–Crippen LogP) is 1.62. The molecule has 1 fully saturated rings. The van der Waals surface area contributed by atoms with Crippen molar-refractivity contribution in [3.8, 4) is 10.4 Å². The van der Waals surface area contributed by atoms with Gasteiger partial charge in [0.05, 0.1) is 34.8 Å². The molecule has 10 nitrogen and oxygen atoms in total. The molecule has 12 heteroatoms. The Morgan fingerprint density at radius 3 is 2.53 bits per heavy atom. The standard InChI is InChI=1S/C26H37N5O5S.ClH/c1-16-22(37-15-28-16)18-7-5-17(6-8-18)12-31-13-19(32)11-20(31)24(34)30-25(35)23(26(2,3)4)29-21(33)14-36-10-9-27;/h5-8,15,19-20,23,32H,9-14,27H2,1-4H3,(H,29,33)(H,30,34,35);1H/t19-,20+,23-;/m1./s1. The maximum Gasteiger partial charge on any atom is 0.249 e. The summed E-state index contributed by atoms with van der Waals surface area (Å²) in [6.07, 6.45) is -0.459. The minimum atomic E-state index is -0.951. The van der Waals surface area contributed by atoms with Crippen LogP contribution in [0, 0.1) is 12.3 Å². The lowest BCUT2D eigenvalue weighted by atomic mass is 9.86. The second kappa shape index (κ2) is 14.1. The summed E-state index contributed by atoms with van der Waals surface area (Å²) < 4.78 is 5.14. The molecule has 1 aromatic carbocycles. The lowest BCUT2D eigenvalue weighted by Gasteiger charge is -2.31. The number of carbonyl (C=O) groups excluding carboxylic acids is 3. The van der Waals surface area contributed by atoms with Crippen LogP contribution in [0.3, 0.4) is 0 Å². The van der Waals surface area contributed by atoms with Crippen LogP contribution in [-0.2, 0) is 25.7 Å². The highest BCUT2D eigenvalue weighted by Gasteiger charge is 2.39. The molecular weight excluding hydrogens is 530 g/mol. The monoisotopic (exact) mass is 567 g/mol. The van der Waals surface area contributed by atoms with Crippen molar-refractivity contribution < 1.29 is 24.2 Å². The van der Waals surface area contributed by atoms with E-state index in [-0.39, 0.29) is 38.6 Å². The normalized spacial score (nSPS) is 18.5. The van der Waals surface area contributed by atoms with Crippen molar-refractivity contribution in [1.29, 1.82) is 0 Å². The average Bonchev–Trinajstić information content (AvgIpc) is 3.42. The zero-order chi connectivity index (χ0) is 27.2. The number of aryl methyl sites for hydroxylation is 1. The number of β-amino-alcohol motifs (C(OH)–C–C–N with tert-alkyl or cyclic N) is 1. The number of likely N-dealkylation sites (tertiary alicyclic amines) is 1. The topological polar surface area (TPSA) is 147 Å². The fraction of sp³-hybridized carbons (Fsp3) is 0.538. The highest BCUT2D eigenvalue weighted by Crippen LogP contribution is 2.28. The molecule has 38 heavy (non-hydrogen) atoms. The fourth-order valence-electron chi connectivity index (χ4n) is 4.30. The third-order valence-corrected chi connectivity index (χ3v) is 7.18. The van der Waals surface area contributed by atoms with Crippen LogP contribution in [-0.4, -0.2) is 77.2 Å². The van der Waals surface area contributed by atoms with Gasteiger partial charge in [-0.2, -0.15) is 0 Å². The molecular formula is C26H38ClN5O5S. The summed E-state index contributed by atoms with van der Waals surface area (Å²) in [6, 6.07) is 6.41. The zero-order valence-electron chi connectivity index (χ0n) is 22.2. The molecule has 2 aromatic rings. The minimum absolute atomic E-state index is 0. The number of nitrogens with zero attached hydrogens (tertiary/aromatic N) is 2. The van der Waals surface area contributed by atoms with E-state index in [2.05, 4.69) is 15.6 Å². The number of halogens is 1. The number of nitrogens with two attached hydrogens (primary N) is 1. The van der Waals surface area contributed by atoms with Crippen molar-refractivity contribution >= 4 is 41.5 Å². The van der Waals surface area contributed by atoms with E-state index in [1.165, 1.54) is 0 Å². The Labute approximate surface area is 233 Å². The number of thiazole rings is 1. The number of hydrogen-bond donors (Lipinski definition) is 4. The van der Waals surface area contributed by atoms with Gasteiger partial charge in [-0.1, -0.05) is 45.0 Å². The third-order valence-electron chi connectivity index (χ3n) is 6.21. The predicted molar refractivity (Wildman–Crippen MR) is 149 cm³/mol. The smallest absolute Gasteiger partial charge is 0.249 e. The summed E-state index contributed by atoms with van der Waals surface area (Å²) in [5.41, 5.74) is 9.58. The van der Waals surface area contributed by atoms with Crippen LogP contribution < -0.4 is 16.4 Å². The quantitative estimate of drug-likeness (QED) is 0.317. The molecule has 1 saturated heterocycles. The van der Waals surface area contributed by atoms with Crippen LogP contribution in [0.4, 0.5) is 0 Å². The number of aromatic nitrogens is 1. The lowest BCUT2D eigenvalue weighted by Crippen LogP contribution is -2.57. The van der Waals surface area contributed by atoms with Gasteiger partial charge >= 0.3 is 0 Å². The van der Waals surface area contributed by atoms with Gasteiger partial charge in [0, 0.05) is 19.6 Å². The number of hydrogen-bond acceptors (Lipinski definition) is 9. The van der Waals surface area contributed by atoms with Crippen LogP contribution >= 0.6 is 23.7 Å². The van der Waals surface area contributed by atoms with Gasteiger partial charge in [0.25, 0.3) is 0 Å². The first-order valence-corrected chi connectivity index (χ1v) is 13.2. The second-order valence-corrected chi connectivity index (χ2v) is 11.2. The fourth-order valence-corrected chi connectivity index (χ4v) is 5.12. The van der Waals surface area contributed by atoms with Gasteiger partial charge in [-0.15, -0.1) is 23.7 Å². The lowest BCUT2D eigenvalue weighted by molar-refractivity contribution is -0.138. The number of amides is 3. The summed E-state index contributed by atoms with van der Waals surface area (Å²) >= 11 is 1.59. The molecule has 2 heterocycles. The van der Waals surface area contributed by atoms with Gasteiger partial charge < -0.3 is 20.9 Å². The van der Waals surface area contributed by atoms with E-state index in [9.17, 15) is 19.5 Å². The molecule has 3 rings (SSSR count).